The van der Waals surface area contributed by atoms with Gasteiger partial charge in [0.25, 0.3) is 0 Å². The van der Waals surface area contributed by atoms with E-state index in [9.17, 15) is 9.59 Å². The molecule has 0 spiro atoms. The molecule has 0 aromatic heterocycles. The summed E-state index contributed by atoms with van der Waals surface area (Å²) in [5.41, 5.74) is 1.97. The molecule has 2 amide bonds. The van der Waals surface area contributed by atoms with Crippen LogP contribution in [0, 0.1) is 0 Å². The van der Waals surface area contributed by atoms with Crippen LogP contribution in [-0.4, -0.2) is 43.0 Å². The molecule has 16 heavy (non-hydrogen) atoms. The molecule has 3 N–H and O–H groups in total. The number of rotatable bonds is 6. The largest absolute Gasteiger partial charge is 0.479 e. The Hall–Kier alpha value is -1.34. The van der Waals surface area contributed by atoms with E-state index in [0.29, 0.717) is 6.54 Å². The van der Waals surface area contributed by atoms with Crippen LogP contribution in [0.1, 0.15) is 19.3 Å². The van der Waals surface area contributed by atoms with Crippen LogP contribution in [0.25, 0.3) is 0 Å². The Balaban J connectivity index is 1.95. The highest BCUT2D eigenvalue weighted by molar-refractivity contribution is 5.73. The lowest BCUT2D eigenvalue weighted by Crippen LogP contribution is -2.37. The Morgan fingerprint density at radius 1 is 1.50 bits per heavy atom. The Kier molecular flexibility index (Phi) is 5.58. The lowest BCUT2D eigenvalue weighted by atomic mass is 10.2. The fraction of sp³-hybridized carbons (Fsp3) is 0.778. The minimum atomic E-state index is -1.14. The molecule has 1 heterocycles. The Bertz CT molecular complexity index is 240. The molecule has 0 radical (unpaired) electrons. The van der Waals surface area contributed by atoms with Crippen molar-refractivity contribution in [3.63, 3.8) is 0 Å². The Labute approximate surface area is 93.1 Å². The van der Waals surface area contributed by atoms with Gasteiger partial charge < -0.3 is 15.2 Å². The summed E-state index contributed by atoms with van der Waals surface area (Å²) in [6.07, 6.45) is 3.07. The number of hydroxylamine groups is 1. The number of amides is 2. The van der Waals surface area contributed by atoms with E-state index in [4.69, 9.17) is 9.84 Å². The van der Waals surface area contributed by atoms with E-state index >= 15 is 0 Å². The molecular weight excluding hydrogens is 216 g/mol. The molecule has 0 aromatic rings. The van der Waals surface area contributed by atoms with Crippen molar-refractivity contribution in [1.29, 1.82) is 0 Å². The van der Waals surface area contributed by atoms with Gasteiger partial charge in [-0.3, -0.25) is 4.84 Å². The first-order valence-electron chi connectivity index (χ1n) is 5.17. The number of ether oxygens (including phenoxy) is 1. The van der Waals surface area contributed by atoms with E-state index in [-0.39, 0.29) is 6.10 Å². The van der Waals surface area contributed by atoms with Crippen molar-refractivity contribution in [3.8, 4) is 0 Å². The minimum absolute atomic E-state index is 0.222. The highest BCUT2D eigenvalue weighted by Crippen LogP contribution is 2.14. The number of aliphatic carboxylic acids is 1. The van der Waals surface area contributed by atoms with Gasteiger partial charge in [-0.15, -0.1) is 0 Å². The molecule has 0 aromatic carbocycles. The van der Waals surface area contributed by atoms with Crippen molar-refractivity contribution >= 4 is 12.0 Å². The molecular formula is C9H16N2O5. The van der Waals surface area contributed by atoms with Gasteiger partial charge in [-0.2, -0.15) is 0 Å². The molecule has 1 rings (SSSR count). The van der Waals surface area contributed by atoms with Gasteiger partial charge in [0, 0.05) is 13.2 Å². The smallest absolute Gasteiger partial charge is 0.338 e. The van der Waals surface area contributed by atoms with Crippen molar-refractivity contribution < 1.29 is 24.3 Å². The summed E-state index contributed by atoms with van der Waals surface area (Å²) in [6.45, 7) is 0.713. The van der Waals surface area contributed by atoms with Gasteiger partial charge in [0.15, 0.2) is 6.61 Å². The zero-order valence-electron chi connectivity index (χ0n) is 8.90. The Morgan fingerprint density at radius 2 is 2.31 bits per heavy atom. The Morgan fingerprint density at radius 3 is 2.94 bits per heavy atom. The standard InChI is InChI=1S/C9H16N2O5/c12-8(13)6-16-11-9(14)10-4-3-7-2-1-5-15-7/h7H,1-6H2,(H,12,13)(H2,10,11,14). The number of carbonyl (C=O) groups excluding carboxylic acids is 1. The van der Waals surface area contributed by atoms with Crippen molar-refractivity contribution in [2.75, 3.05) is 19.8 Å². The number of carboxylic acids is 1. The van der Waals surface area contributed by atoms with E-state index in [1.54, 1.807) is 0 Å². The molecule has 7 heteroatoms. The van der Waals surface area contributed by atoms with E-state index < -0.39 is 18.6 Å². The molecule has 1 aliphatic heterocycles. The van der Waals surface area contributed by atoms with Crippen LogP contribution in [0.15, 0.2) is 0 Å². The van der Waals surface area contributed by atoms with E-state index in [1.807, 2.05) is 5.48 Å². The number of hydrogen-bond acceptors (Lipinski definition) is 4. The molecule has 1 fully saturated rings. The van der Waals surface area contributed by atoms with Crippen LogP contribution in [0.3, 0.4) is 0 Å². The van der Waals surface area contributed by atoms with E-state index in [1.165, 1.54) is 0 Å². The SMILES string of the molecule is O=C(O)CONC(=O)NCCC1CCCO1. The second kappa shape index (κ2) is 7.02. The zero-order valence-corrected chi connectivity index (χ0v) is 8.90. The number of urea groups is 1. The first-order valence-corrected chi connectivity index (χ1v) is 5.17. The van der Waals surface area contributed by atoms with Gasteiger partial charge in [0.05, 0.1) is 6.10 Å². The number of carbonyl (C=O) groups is 2. The zero-order chi connectivity index (χ0) is 11.8. The maximum absolute atomic E-state index is 11.0. The van der Waals surface area contributed by atoms with Crippen LogP contribution >= 0.6 is 0 Å². The molecule has 0 saturated carbocycles. The summed E-state index contributed by atoms with van der Waals surface area (Å²) >= 11 is 0. The molecule has 1 atom stereocenters. The molecule has 92 valence electrons. The molecule has 0 bridgehead atoms. The lowest BCUT2D eigenvalue weighted by molar-refractivity contribution is -0.144. The van der Waals surface area contributed by atoms with Crippen LogP contribution in [0.2, 0.25) is 0 Å². The van der Waals surface area contributed by atoms with Crippen molar-refractivity contribution in [3.05, 3.63) is 0 Å². The highest BCUT2D eigenvalue weighted by atomic mass is 16.7. The molecule has 1 saturated heterocycles. The normalized spacial score (nSPS) is 19.4. The van der Waals surface area contributed by atoms with Crippen molar-refractivity contribution in [2.45, 2.75) is 25.4 Å². The summed E-state index contributed by atoms with van der Waals surface area (Å²) in [4.78, 5) is 25.5. The van der Waals surface area contributed by atoms with Gasteiger partial charge in [-0.25, -0.2) is 15.1 Å². The lowest BCUT2D eigenvalue weighted by Gasteiger charge is -2.10. The van der Waals surface area contributed by atoms with E-state index in [2.05, 4.69) is 10.2 Å². The van der Waals surface area contributed by atoms with Gasteiger partial charge in [-0.05, 0) is 19.3 Å². The monoisotopic (exact) mass is 232 g/mol. The first-order chi connectivity index (χ1) is 7.68. The predicted molar refractivity (Wildman–Crippen MR) is 53.7 cm³/mol. The van der Waals surface area contributed by atoms with Crippen molar-refractivity contribution in [1.82, 2.24) is 10.8 Å². The average Bonchev–Trinajstić information content (AvgIpc) is 2.70. The average molecular weight is 232 g/mol. The van der Waals surface area contributed by atoms with Gasteiger partial charge in [0.1, 0.15) is 0 Å². The second-order valence-electron chi connectivity index (χ2n) is 3.46. The third kappa shape index (κ3) is 5.52. The summed E-state index contributed by atoms with van der Waals surface area (Å²) in [7, 11) is 0. The molecule has 1 aliphatic rings. The van der Waals surface area contributed by atoms with Crippen LogP contribution in [-0.2, 0) is 14.4 Å². The molecule has 7 nitrogen and oxygen atoms in total. The second-order valence-corrected chi connectivity index (χ2v) is 3.46. The number of nitrogens with one attached hydrogen (secondary N) is 2. The summed E-state index contributed by atoms with van der Waals surface area (Å²) in [6, 6.07) is -0.542. The van der Waals surface area contributed by atoms with Crippen molar-refractivity contribution in [2.24, 2.45) is 0 Å². The van der Waals surface area contributed by atoms with Gasteiger partial charge >= 0.3 is 12.0 Å². The third-order valence-electron chi connectivity index (χ3n) is 2.14. The topological polar surface area (TPSA) is 96.9 Å². The fourth-order valence-electron chi connectivity index (χ4n) is 1.42. The maximum atomic E-state index is 11.0. The quantitative estimate of drug-likeness (QED) is 0.554. The van der Waals surface area contributed by atoms with Crippen LogP contribution in [0.5, 0.6) is 0 Å². The fourth-order valence-corrected chi connectivity index (χ4v) is 1.42. The van der Waals surface area contributed by atoms with Crippen LogP contribution < -0.4 is 10.8 Å². The molecule has 0 aliphatic carbocycles. The van der Waals surface area contributed by atoms with Crippen LogP contribution in [0.4, 0.5) is 4.79 Å². The number of hydrogen-bond donors (Lipinski definition) is 3. The summed E-state index contributed by atoms with van der Waals surface area (Å²) < 4.78 is 5.37. The molecule has 1 unspecified atom stereocenters. The van der Waals surface area contributed by atoms with Gasteiger partial charge in [0.2, 0.25) is 0 Å². The minimum Gasteiger partial charge on any atom is -0.479 e. The van der Waals surface area contributed by atoms with Gasteiger partial charge in [-0.1, -0.05) is 0 Å². The summed E-state index contributed by atoms with van der Waals surface area (Å²) in [5.74, 6) is -1.14. The van der Waals surface area contributed by atoms with E-state index in [0.717, 1.165) is 25.9 Å². The maximum Gasteiger partial charge on any atom is 0.338 e. The predicted octanol–water partition coefficient (Wildman–Crippen LogP) is -0.129. The third-order valence-corrected chi connectivity index (χ3v) is 2.14. The first kappa shape index (κ1) is 12.7. The summed E-state index contributed by atoms with van der Waals surface area (Å²) in [5, 5.41) is 10.8. The highest BCUT2D eigenvalue weighted by Gasteiger charge is 2.15. The number of carboxylic acid groups (broad SMARTS) is 1.